The minimum Gasteiger partial charge on any atom is -0.335 e. The molecular formula is C20H31N3O2. The lowest BCUT2D eigenvalue weighted by molar-refractivity contribution is -0.138. The Balaban J connectivity index is 1.90. The number of aryl methyl sites for hydroxylation is 1. The molecule has 1 N–H and O–H groups in total. The van der Waals surface area contributed by atoms with Crippen LogP contribution in [0.5, 0.6) is 0 Å². The van der Waals surface area contributed by atoms with E-state index in [0.29, 0.717) is 5.92 Å². The van der Waals surface area contributed by atoms with Crippen LogP contribution < -0.4 is 5.32 Å². The van der Waals surface area contributed by atoms with Crippen molar-refractivity contribution in [1.82, 2.24) is 9.80 Å². The van der Waals surface area contributed by atoms with Crippen molar-refractivity contribution >= 4 is 17.5 Å². The average molecular weight is 345 g/mol. The molecule has 5 nitrogen and oxygen atoms in total. The van der Waals surface area contributed by atoms with Gasteiger partial charge in [-0.05, 0) is 50.3 Å². The third-order valence-corrected chi connectivity index (χ3v) is 5.02. The van der Waals surface area contributed by atoms with E-state index < -0.39 is 0 Å². The Bertz CT molecular complexity index is 602. The Kier molecular flexibility index (Phi) is 7.00. The third-order valence-electron chi connectivity index (χ3n) is 5.02. The summed E-state index contributed by atoms with van der Waals surface area (Å²) in [4.78, 5) is 28.8. The maximum absolute atomic E-state index is 12.7. The number of nitrogens with zero attached hydrogens (tertiary/aromatic N) is 2. The summed E-state index contributed by atoms with van der Waals surface area (Å²) in [5, 5.41) is 2.93. The van der Waals surface area contributed by atoms with Gasteiger partial charge in [0.25, 0.3) is 0 Å². The maximum Gasteiger partial charge on any atom is 0.243 e. The van der Waals surface area contributed by atoms with E-state index in [1.165, 1.54) is 11.3 Å². The molecule has 138 valence electrons. The zero-order valence-electron chi connectivity index (χ0n) is 15.9. The number of nitrogens with one attached hydrogen (secondary N) is 1. The molecule has 0 aromatic heterocycles. The van der Waals surface area contributed by atoms with E-state index in [4.69, 9.17) is 0 Å². The van der Waals surface area contributed by atoms with E-state index >= 15 is 0 Å². The molecule has 1 aromatic carbocycles. The predicted octanol–water partition coefficient (Wildman–Crippen LogP) is 2.77. The lowest BCUT2D eigenvalue weighted by atomic mass is 9.99. The second kappa shape index (κ2) is 8.99. The molecule has 0 bridgehead atoms. The predicted molar refractivity (Wildman–Crippen MR) is 102 cm³/mol. The van der Waals surface area contributed by atoms with E-state index in [9.17, 15) is 9.59 Å². The first kappa shape index (κ1) is 19.4. The number of anilines is 1. The zero-order valence-corrected chi connectivity index (χ0v) is 15.9. The fourth-order valence-electron chi connectivity index (χ4n) is 3.49. The Labute approximate surface area is 151 Å². The average Bonchev–Trinajstić information content (AvgIpc) is 2.60. The molecule has 2 atom stereocenters. The van der Waals surface area contributed by atoms with Gasteiger partial charge in [0.2, 0.25) is 11.8 Å². The van der Waals surface area contributed by atoms with Crippen molar-refractivity contribution in [2.45, 2.75) is 46.1 Å². The third kappa shape index (κ3) is 5.30. The van der Waals surface area contributed by atoms with Gasteiger partial charge in [0.05, 0.1) is 12.6 Å². The first-order valence-electron chi connectivity index (χ1n) is 9.29. The summed E-state index contributed by atoms with van der Waals surface area (Å²) in [5.41, 5.74) is 1.93. The summed E-state index contributed by atoms with van der Waals surface area (Å²) in [6.45, 7) is 8.22. The second-order valence-corrected chi connectivity index (χ2v) is 7.17. The highest BCUT2D eigenvalue weighted by molar-refractivity contribution is 5.95. The molecular weight excluding hydrogens is 314 g/mol. The topological polar surface area (TPSA) is 52.7 Å². The van der Waals surface area contributed by atoms with Gasteiger partial charge < -0.3 is 10.2 Å². The molecule has 0 saturated carbocycles. The van der Waals surface area contributed by atoms with Crippen LogP contribution in [0.1, 0.15) is 39.2 Å². The van der Waals surface area contributed by atoms with Gasteiger partial charge in [0, 0.05) is 19.3 Å². The number of likely N-dealkylation sites (tertiary alicyclic amines) is 1. The van der Waals surface area contributed by atoms with E-state index in [0.717, 1.165) is 37.2 Å². The molecule has 0 aliphatic carbocycles. The molecule has 1 aromatic rings. The molecule has 2 amide bonds. The Morgan fingerprint density at radius 2 is 2.08 bits per heavy atom. The van der Waals surface area contributed by atoms with Crippen LogP contribution in [-0.4, -0.2) is 54.3 Å². The van der Waals surface area contributed by atoms with E-state index in [1.807, 2.05) is 31.2 Å². The number of carbonyl (C=O) groups excluding carboxylic acids is 2. The standard InChI is InChI=1S/C20H31N3O2/c1-5-17-10-6-7-11-18(17)21-19(24)14-22(4)20(25)16(3)23-12-8-9-15(2)13-23/h6-7,10-11,15-16H,5,8-9,12-14H2,1-4H3,(H,21,24)/t15-,16-/m0/s1. The van der Waals surface area contributed by atoms with Crippen molar-refractivity contribution in [3.63, 3.8) is 0 Å². The number of rotatable bonds is 6. The SMILES string of the molecule is CCc1ccccc1NC(=O)CN(C)C(=O)[C@H](C)N1CCC[C@H](C)C1. The highest BCUT2D eigenvalue weighted by Gasteiger charge is 2.28. The molecule has 5 heteroatoms. The number of amides is 2. The lowest BCUT2D eigenvalue weighted by Gasteiger charge is -2.36. The Hall–Kier alpha value is -1.88. The number of hydrogen-bond acceptors (Lipinski definition) is 3. The molecule has 2 rings (SSSR count). The molecule has 0 radical (unpaired) electrons. The minimum absolute atomic E-state index is 0.00743. The van der Waals surface area contributed by atoms with E-state index in [1.54, 1.807) is 7.05 Å². The molecule has 1 heterocycles. The van der Waals surface area contributed by atoms with Crippen molar-refractivity contribution < 1.29 is 9.59 Å². The van der Waals surface area contributed by atoms with Crippen LogP contribution >= 0.6 is 0 Å². The molecule has 0 unspecified atom stereocenters. The monoisotopic (exact) mass is 345 g/mol. The summed E-state index contributed by atoms with van der Waals surface area (Å²) < 4.78 is 0. The van der Waals surface area contributed by atoms with Gasteiger partial charge in [-0.15, -0.1) is 0 Å². The molecule has 1 fully saturated rings. The quantitative estimate of drug-likeness (QED) is 0.862. The fraction of sp³-hybridized carbons (Fsp3) is 0.600. The minimum atomic E-state index is -0.177. The van der Waals surface area contributed by atoms with Gasteiger partial charge in [-0.3, -0.25) is 14.5 Å². The van der Waals surface area contributed by atoms with Crippen molar-refractivity contribution in [1.29, 1.82) is 0 Å². The largest absolute Gasteiger partial charge is 0.335 e. The van der Waals surface area contributed by atoms with Gasteiger partial charge in [-0.25, -0.2) is 0 Å². The Morgan fingerprint density at radius 3 is 2.76 bits per heavy atom. The van der Waals surface area contributed by atoms with Crippen LogP contribution in [0.2, 0.25) is 0 Å². The van der Waals surface area contributed by atoms with Crippen LogP contribution in [-0.2, 0) is 16.0 Å². The highest BCUT2D eigenvalue weighted by atomic mass is 16.2. The molecule has 1 saturated heterocycles. The van der Waals surface area contributed by atoms with Crippen molar-refractivity contribution in [3.8, 4) is 0 Å². The van der Waals surface area contributed by atoms with E-state index in [-0.39, 0.29) is 24.4 Å². The smallest absolute Gasteiger partial charge is 0.243 e. The molecule has 0 spiro atoms. The maximum atomic E-state index is 12.7. The summed E-state index contributed by atoms with van der Waals surface area (Å²) in [6, 6.07) is 7.60. The first-order valence-corrected chi connectivity index (χ1v) is 9.29. The van der Waals surface area contributed by atoms with Crippen LogP contribution in [0, 0.1) is 5.92 Å². The van der Waals surface area contributed by atoms with Crippen molar-refractivity contribution in [3.05, 3.63) is 29.8 Å². The van der Waals surface area contributed by atoms with Crippen LogP contribution in [0.15, 0.2) is 24.3 Å². The van der Waals surface area contributed by atoms with Gasteiger partial charge >= 0.3 is 0 Å². The Morgan fingerprint density at radius 1 is 1.36 bits per heavy atom. The number of piperidine rings is 1. The molecule has 1 aliphatic rings. The van der Waals surface area contributed by atoms with Crippen LogP contribution in [0.25, 0.3) is 0 Å². The van der Waals surface area contributed by atoms with Gasteiger partial charge in [-0.1, -0.05) is 32.0 Å². The lowest BCUT2D eigenvalue weighted by Crippen LogP contribution is -2.50. The summed E-state index contributed by atoms with van der Waals surface area (Å²) >= 11 is 0. The second-order valence-electron chi connectivity index (χ2n) is 7.17. The number of likely N-dealkylation sites (N-methyl/N-ethyl adjacent to an activating group) is 1. The molecule has 25 heavy (non-hydrogen) atoms. The number of benzene rings is 1. The summed E-state index contributed by atoms with van der Waals surface area (Å²) in [6.07, 6.45) is 3.22. The summed E-state index contributed by atoms with van der Waals surface area (Å²) in [7, 11) is 1.71. The zero-order chi connectivity index (χ0) is 18.4. The van der Waals surface area contributed by atoms with Crippen molar-refractivity contribution in [2.24, 2.45) is 5.92 Å². The highest BCUT2D eigenvalue weighted by Crippen LogP contribution is 2.19. The first-order chi connectivity index (χ1) is 11.9. The number of hydrogen-bond donors (Lipinski definition) is 1. The normalized spacial score (nSPS) is 19.3. The van der Waals surface area contributed by atoms with Gasteiger partial charge in [0.15, 0.2) is 0 Å². The number of carbonyl (C=O) groups is 2. The van der Waals surface area contributed by atoms with Crippen molar-refractivity contribution in [2.75, 3.05) is 32.0 Å². The van der Waals surface area contributed by atoms with E-state index in [2.05, 4.69) is 24.1 Å². The number of para-hydroxylation sites is 1. The summed E-state index contributed by atoms with van der Waals surface area (Å²) in [5.74, 6) is 0.479. The van der Waals surface area contributed by atoms with Crippen LogP contribution in [0.3, 0.4) is 0 Å². The molecule has 1 aliphatic heterocycles. The fourth-order valence-corrected chi connectivity index (χ4v) is 3.49. The van der Waals surface area contributed by atoms with Crippen LogP contribution in [0.4, 0.5) is 5.69 Å². The van der Waals surface area contributed by atoms with Gasteiger partial charge in [0.1, 0.15) is 0 Å². The van der Waals surface area contributed by atoms with Gasteiger partial charge in [-0.2, -0.15) is 0 Å².